The third-order valence-corrected chi connectivity index (χ3v) is 8.63. The lowest BCUT2D eigenvalue weighted by atomic mass is 9.83. The molecule has 35 heavy (non-hydrogen) atoms. The third kappa shape index (κ3) is 2.23. The molecule has 4 aliphatic rings. The number of pyridine rings is 1. The zero-order valence-corrected chi connectivity index (χ0v) is 19.3. The summed E-state index contributed by atoms with van der Waals surface area (Å²) in [7, 11) is 0. The Labute approximate surface area is 204 Å². The van der Waals surface area contributed by atoms with Crippen LogP contribution in [-0.2, 0) is 25.7 Å². The first kappa shape index (κ1) is 18.2. The molecule has 0 saturated heterocycles. The van der Waals surface area contributed by atoms with E-state index < -0.39 is 0 Å². The quantitative estimate of drug-likeness (QED) is 0.240. The van der Waals surface area contributed by atoms with Gasteiger partial charge in [0, 0.05) is 25.2 Å². The monoisotopic (exact) mass is 446 g/mol. The molecule has 2 heteroatoms. The first-order chi connectivity index (χ1) is 17.3. The average molecular weight is 447 g/mol. The summed E-state index contributed by atoms with van der Waals surface area (Å²) < 4.78 is 0. The summed E-state index contributed by atoms with van der Waals surface area (Å²) in [6, 6.07) is 27.3. The Balaban J connectivity index is 1.32. The number of hydrogen-bond donors (Lipinski definition) is 0. The molecule has 0 saturated carbocycles. The van der Waals surface area contributed by atoms with E-state index in [0.717, 1.165) is 25.7 Å². The molecule has 1 aromatic heterocycles. The van der Waals surface area contributed by atoms with Gasteiger partial charge in [0.05, 0.1) is 17.1 Å². The molecule has 0 unspecified atom stereocenters. The molecular weight excluding hydrogens is 424 g/mol. The second-order valence-electron chi connectivity index (χ2n) is 10.3. The van der Waals surface area contributed by atoms with Gasteiger partial charge >= 0.3 is 0 Å². The first-order valence-electron chi connectivity index (χ1n) is 12.6. The standard InChI is InChI=1S/C33H22N2/c1-3-7-24-20(6-1)14-27-26(24)10-12-30-28(27)15-22-17-34-18-23-16-29-31(35(30)33(22)23)11-9-21-13-19-5-2-4-8-25(19)32(21)29/h1-12,17-18H,13-16H2. The van der Waals surface area contributed by atoms with Crippen molar-refractivity contribution in [1.29, 1.82) is 0 Å². The van der Waals surface area contributed by atoms with E-state index in [1.807, 2.05) is 0 Å². The summed E-state index contributed by atoms with van der Waals surface area (Å²) in [6.45, 7) is 0. The highest BCUT2D eigenvalue weighted by molar-refractivity contribution is 5.96. The summed E-state index contributed by atoms with van der Waals surface area (Å²) in [6.07, 6.45) is 8.17. The Hall–Kier alpha value is -4.17. The fourth-order valence-electron chi connectivity index (χ4n) is 7.19. The topological polar surface area (TPSA) is 16.1 Å². The average Bonchev–Trinajstić information content (AvgIpc) is 3.47. The van der Waals surface area contributed by atoms with Gasteiger partial charge in [-0.15, -0.1) is 0 Å². The lowest BCUT2D eigenvalue weighted by Crippen LogP contribution is -2.26. The number of aromatic nitrogens is 1. The van der Waals surface area contributed by atoms with Gasteiger partial charge < -0.3 is 4.90 Å². The van der Waals surface area contributed by atoms with Crippen LogP contribution in [0.4, 0.5) is 17.1 Å². The lowest BCUT2D eigenvalue weighted by Gasteiger charge is -2.40. The van der Waals surface area contributed by atoms with Gasteiger partial charge in [0.1, 0.15) is 0 Å². The minimum atomic E-state index is 0.950. The molecule has 2 aliphatic carbocycles. The van der Waals surface area contributed by atoms with E-state index in [1.54, 1.807) is 0 Å². The van der Waals surface area contributed by atoms with Crippen molar-refractivity contribution in [1.82, 2.24) is 4.98 Å². The van der Waals surface area contributed by atoms with E-state index in [1.165, 1.54) is 83.8 Å². The second kappa shape index (κ2) is 6.28. The number of nitrogens with zero attached hydrogens (tertiary/aromatic N) is 2. The minimum absolute atomic E-state index is 0.950. The minimum Gasteiger partial charge on any atom is -0.309 e. The van der Waals surface area contributed by atoms with Crippen LogP contribution in [0.25, 0.3) is 22.3 Å². The number of rotatable bonds is 0. The maximum atomic E-state index is 4.73. The fourth-order valence-corrected chi connectivity index (χ4v) is 7.19. The Morgan fingerprint density at radius 3 is 2.00 bits per heavy atom. The van der Waals surface area contributed by atoms with Crippen LogP contribution in [0.5, 0.6) is 0 Å². The van der Waals surface area contributed by atoms with Crippen molar-refractivity contribution in [2.75, 3.05) is 4.90 Å². The molecule has 0 bridgehead atoms. The highest BCUT2D eigenvalue weighted by Crippen LogP contribution is 2.55. The third-order valence-electron chi connectivity index (χ3n) is 8.63. The van der Waals surface area contributed by atoms with Crippen LogP contribution in [0, 0.1) is 0 Å². The van der Waals surface area contributed by atoms with Crippen molar-refractivity contribution >= 4 is 17.1 Å². The smallest absolute Gasteiger partial charge is 0.0563 e. The predicted octanol–water partition coefficient (Wildman–Crippen LogP) is 7.50. The Bertz CT molecular complexity index is 1760. The molecule has 2 aliphatic heterocycles. The van der Waals surface area contributed by atoms with Gasteiger partial charge in [0.15, 0.2) is 0 Å². The van der Waals surface area contributed by atoms with E-state index in [-0.39, 0.29) is 0 Å². The molecular formula is C33H22N2. The van der Waals surface area contributed by atoms with E-state index in [2.05, 4.69) is 90.1 Å². The fraction of sp³-hybridized carbons (Fsp3) is 0.121. The summed E-state index contributed by atoms with van der Waals surface area (Å²) in [5.74, 6) is 0. The van der Waals surface area contributed by atoms with E-state index in [9.17, 15) is 0 Å². The van der Waals surface area contributed by atoms with Crippen LogP contribution in [0.3, 0.4) is 0 Å². The van der Waals surface area contributed by atoms with Crippen LogP contribution in [-0.4, -0.2) is 4.98 Å². The zero-order valence-electron chi connectivity index (χ0n) is 19.3. The highest BCUT2D eigenvalue weighted by Gasteiger charge is 2.37. The summed E-state index contributed by atoms with van der Waals surface area (Å²) in [5, 5.41) is 0. The molecule has 0 fully saturated rings. The Morgan fingerprint density at radius 1 is 0.486 bits per heavy atom. The molecule has 0 amide bonds. The van der Waals surface area contributed by atoms with Gasteiger partial charge in [0.2, 0.25) is 0 Å². The number of anilines is 3. The molecule has 0 N–H and O–H groups in total. The van der Waals surface area contributed by atoms with Crippen molar-refractivity contribution in [3.8, 4) is 22.3 Å². The van der Waals surface area contributed by atoms with Gasteiger partial charge in [-0.2, -0.15) is 0 Å². The molecule has 3 heterocycles. The van der Waals surface area contributed by atoms with Crippen molar-refractivity contribution in [3.63, 3.8) is 0 Å². The summed E-state index contributed by atoms with van der Waals surface area (Å²) >= 11 is 0. The number of hydrogen-bond acceptors (Lipinski definition) is 2. The molecule has 5 aromatic rings. The SMILES string of the molecule is c1ccc2c(c1)Cc1c-2ccc2c1Cc1cncc3c1N2c1ccc2c(c1C3)-c1ccccc1C2. The molecule has 0 radical (unpaired) electrons. The van der Waals surface area contributed by atoms with E-state index in [4.69, 9.17) is 4.98 Å². The van der Waals surface area contributed by atoms with Gasteiger partial charge in [-0.25, -0.2) is 0 Å². The first-order valence-corrected chi connectivity index (χ1v) is 12.6. The molecule has 164 valence electrons. The number of benzene rings is 4. The Kier molecular flexibility index (Phi) is 3.27. The second-order valence-corrected chi connectivity index (χ2v) is 10.3. The summed E-state index contributed by atoms with van der Waals surface area (Å²) in [4.78, 5) is 7.29. The van der Waals surface area contributed by atoms with Crippen LogP contribution >= 0.6 is 0 Å². The Morgan fingerprint density at radius 2 is 1.14 bits per heavy atom. The predicted molar refractivity (Wildman–Crippen MR) is 141 cm³/mol. The molecule has 9 rings (SSSR count). The summed E-state index contributed by atoms with van der Waals surface area (Å²) in [5.41, 5.74) is 21.2. The molecule has 4 aromatic carbocycles. The van der Waals surface area contributed by atoms with Crippen LogP contribution < -0.4 is 4.90 Å². The van der Waals surface area contributed by atoms with E-state index in [0.29, 0.717) is 0 Å². The van der Waals surface area contributed by atoms with Gasteiger partial charge in [0.25, 0.3) is 0 Å². The maximum Gasteiger partial charge on any atom is 0.0563 e. The van der Waals surface area contributed by atoms with Crippen molar-refractivity contribution in [3.05, 3.63) is 130 Å². The normalized spacial score (nSPS) is 14.9. The molecule has 0 spiro atoms. The molecule has 0 atom stereocenters. The number of fused-ring (bicyclic) bond motifs is 12. The molecule has 2 nitrogen and oxygen atoms in total. The maximum absolute atomic E-state index is 4.73. The lowest BCUT2D eigenvalue weighted by molar-refractivity contribution is 0.974. The van der Waals surface area contributed by atoms with Gasteiger partial charge in [-0.3, -0.25) is 4.98 Å². The van der Waals surface area contributed by atoms with Gasteiger partial charge in [-0.1, -0.05) is 60.7 Å². The van der Waals surface area contributed by atoms with Crippen molar-refractivity contribution < 1.29 is 0 Å². The van der Waals surface area contributed by atoms with Crippen molar-refractivity contribution in [2.24, 2.45) is 0 Å². The van der Waals surface area contributed by atoms with Crippen LogP contribution in [0.15, 0.2) is 85.2 Å². The zero-order chi connectivity index (χ0) is 22.7. The highest BCUT2D eigenvalue weighted by atomic mass is 15.2. The van der Waals surface area contributed by atoms with Crippen LogP contribution in [0.2, 0.25) is 0 Å². The largest absolute Gasteiger partial charge is 0.309 e. The van der Waals surface area contributed by atoms with Gasteiger partial charge in [-0.05, 0) is 91.7 Å². The van der Waals surface area contributed by atoms with E-state index >= 15 is 0 Å². The van der Waals surface area contributed by atoms with Crippen LogP contribution in [0.1, 0.15) is 44.5 Å². The van der Waals surface area contributed by atoms with Crippen molar-refractivity contribution in [2.45, 2.75) is 25.7 Å².